The van der Waals surface area contributed by atoms with Gasteiger partial charge in [-0.1, -0.05) is 111 Å². The van der Waals surface area contributed by atoms with Crippen LogP contribution in [0.1, 0.15) is 44.2 Å². The molecule has 0 saturated carbocycles. The predicted molar refractivity (Wildman–Crippen MR) is 203 cm³/mol. The summed E-state index contributed by atoms with van der Waals surface area (Å²) in [7, 11) is 0. The molecule has 3 aliphatic carbocycles. The molecule has 1 unspecified atom stereocenters. The fourth-order valence-electron chi connectivity index (χ4n) is 7.92. The first-order chi connectivity index (χ1) is 23.0. The van der Waals surface area contributed by atoms with Gasteiger partial charge in [0.15, 0.2) is 0 Å². The van der Waals surface area contributed by atoms with Crippen molar-refractivity contribution in [2.24, 2.45) is 5.92 Å². The molecule has 0 aliphatic heterocycles. The third-order valence-corrected chi connectivity index (χ3v) is 11.6. The molecule has 228 valence electrons. The van der Waals surface area contributed by atoms with Crippen LogP contribution in [-0.2, 0) is 5.41 Å². The molecule has 5 aromatic carbocycles. The number of nitrogens with zero attached hydrogens (tertiary/aromatic N) is 1. The van der Waals surface area contributed by atoms with Crippen LogP contribution in [0, 0.1) is 5.92 Å². The van der Waals surface area contributed by atoms with Crippen molar-refractivity contribution in [2.75, 3.05) is 4.90 Å². The van der Waals surface area contributed by atoms with Crippen molar-refractivity contribution in [2.45, 2.75) is 38.5 Å². The van der Waals surface area contributed by atoms with E-state index in [1.54, 1.807) is 0 Å². The molecule has 2 heteroatoms. The van der Waals surface area contributed by atoms with E-state index in [4.69, 9.17) is 0 Å². The van der Waals surface area contributed by atoms with Crippen LogP contribution in [-0.4, -0.2) is 0 Å². The second kappa shape index (κ2) is 11.1. The number of anilines is 2. The van der Waals surface area contributed by atoms with Crippen LogP contribution >= 0.6 is 11.3 Å². The number of hydrogen-bond donors (Lipinski definition) is 0. The maximum absolute atomic E-state index is 2.45. The van der Waals surface area contributed by atoms with Gasteiger partial charge in [0.2, 0.25) is 0 Å². The van der Waals surface area contributed by atoms with Gasteiger partial charge in [-0.15, -0.1) is 11.3 Å². The Bertz CT molecular complexity index is 2310. The Hall–Kier alpha value is -4.92. The standard InChI is InChI=1S/C45H37NS/c1-45(2)41-14-8-6-12-37(41)38-26-25-36(29-42(38)45)46(34-21-16-31(17-22-34)30-10-4-3-5-11-30)35-23-18-32(19-24-35)33-20-27-44-40(28-33)39-13-7-9-15-43(39)47-44/h4,6-16,18-29,31H,3,5,17H2,1-2H3. The summed E-state index contributed by atoms with van der Waals surface area (Å²) in [4.78, 5) is 2.45. The Morgan fingerprint density at radius 1 is 0.638 bits per heavy atom. The predicted octanol–water partition coefficient (Wildman–Crippen LogP) is 12.9. The molecule has 6 aromatic rings. The number of allylic oxidation sites excluding steroid dienone is 7. The summed E-state index contributed by atoms with van der Waals surface area (Å²) in [6, 6.07) is 40.8. The molecule has 0 fully saturated rings. The minimum atomic E-state index is -0.0520. The summed E-state index contributed by atoms with van der Waals surface area (Å²) in [5.41, 5.74) is 13.0. The first kappa shape index (κ1) is 28.3. The van der Waals surface area contributed by atoms with Gasteiger partial charge in [-0.2, -0.15) is 0 Å². The van der Waals surface area contributed by atoms with Gasteiger partial charge in [0.1, 0.15) is 0 Å². The summed E-state index contributed by atoms with van der Waals surface area (Å²) >= 11 is 1.87. The molecule has 0 radical (unpaired) electrons. The Morgan fingerprint density at radius 3 is 2.23 bits per heavy atom. The fourth-order valence-corrected chi connectivity index (χ4v) is 9.00. The maximum Gasteiger partial charge on any atom is 0.0464 e. The topological polar surface area (TPSA) is 3.24 Å². The fraction of sp³-hybridized carbons (Fsp3) is 0.156. The number of benzene rings is 5. The molecule has 1 atom stereocenters. The van der Waals surface area contributed by atoms with Gasteiger partial charge < -0.3 is 4.90 Å². The molecule has 0 N–H and O–H groups in total. The Morgan fingerprint density at radius 2 is 1.40 bits per heavy atom. The van der Waals surface area contributed by atoms with E-state index in [0.29, 0.717) is 5.92 Å². The lowest BCUT2D eigenvalue weighted by Crippen LogP contribution is -2.20. The minimum Gasteiger partial charge on any atom is -0.311 e. The van der Waals surface area contributed by atoms with Crippen LogP contribution in [0.2, 0.25) is 0 Å². The number of thiophene rings is 1. The highest BCUT2D eigenvalue weighted by atomic mass is 32.1. The number of hydrogen-bond acceptors (Lipinski definition) is 2. The van der Waals surface area contributed by atoms with Crippen LogP contribution in [0.5, 0.6) is 0 Å². The van der Waals surface area contributed by atoms with Gasteiger partial charge in [0, 0.05) is 48.6 Å². The lowest BCUT2D eigenvalue weighted by molar-refractivity contribution is 0.660. The lowest BCUT2D eigenvalue weighted by Gasteiger charge is -2.31. The second-order valence-corrected chi connectivity index (χ2v) is 14.7. The quantitative estimate of drug-likeness (QED) is 0.185. The molecule has 0 amide bonds. The normalized spacial score (nSPS) is 17.8. The zero-order valence-corrected chi connectivity index (χ0v) is 27.7. The summed E-state index contributed by atoms with van der Waals surface area (Å²) < 4.78 is 2.69. The molecular weight excluding hydrogens is 587 g/mol. The van der Waals surface area contributed by atoms with Crippen molar-refractivity contribution in [3.63, 3.8) is 0 Å². The number of fused-ring (bicyclic) bond motifs is 6. The van der Waals surface area contributed by atoms with E-state index in [0.717, 1.165) is 19.3 Å². The van der Waals surface area contributed by atoms with E-state index in [-0.39, 0.29) is 5.41 Å². The van der Waals surface area contributed by atoms with E-state index >= 15 is 0 Å². The van der Waals surface area contributed by atoms with Crippen molar-refractivity contribution in [1.82, 2.24) is 0 Å². The third-order valence-electron chi connectivity index (χ3n) is 10.5. The average Bonchev–Trinajstić information content (AvgIpc) is 3.61. The highest BCUT2D eigenvalue weighted by Crippen LogP contribution is 2.50. The Labute approximate surface area is 281 Å². The van der Waals surface area contributed by atoms with Gasteiger partial charge >= 0.3 is 0 Å². The first-order valence-corrected chi connectivity index (χ1v) is 17.7. The van der Waals surface area contributed by atoms with Crippen LogP contribution in [0.25, 0.3) is 42.4 Å². The van der Waals surface area contributed by atoms with Gasteiger partial charge in [0.05, 0.1) is 0 Å². The van der Waals surface area contributed by atoms with Gasteiger partial charge in [-0.3, -0.25) is 0 Å². The van der Waals surface area contributed by atoms with Gasteiger partial charge in [-0.25, -0.2) is 0 Å². The van der Waals surface area contributed by atoms with E-state index in [1.165, 1.54) is 76.2 Å². The van der Waals surface area contributed by atoms with Gasteiger partial charge in [0.25, 0.3) is 0 Å². The van der Waals surface area contributed by atoms with Crippen molar-refractivity contribution in [3.05, 3.63) is 168 Å². The molecule has 0 saturated heterocycles. The van der Waals surface area contributed by atoms with Crippen molar-refractivity contribution >= 4 is 42.9 Å². The van der Waals surface area contributed by atoms with Crippen molar-refractivity contribution < 1.29 is 0 Å². The van der Waals surface area contributed by atoms with Crippen LogP contribution < -0.4 is 4.90 Å². The van der Waals surface area contributed by atoms with Crippen LogP contribution in [0.4, 0.5) is 11.4 Å². The summed E-state index contributed by atoms with van der Waals surface area (Å²) in [6.45, 7) is 4.73. The highest BCUT2D eigenvalue weighted by Gasteiger charge is 2.35. The highest BCUT2D eigenvalue weighted by molar-refractivity contribution is 7.25. The van der Waals surface area contributed by atoms with E-state index in [2.05, 4.69) is 164 Å². The number of rotatable bonds is 5. The molecule has 9 rings (SSSR count). The Kier molecular flexibility index (Phi) is 6.69. The summed E-state index contributed by atoms with van der Waals surface area (Å²) in [6.07, 6.45) is 17.6. The average molecular weight is 624 g/mol. The molecule has 1 heterocycles. The molecule has 1 nitrogen and oxygen atoms in total. The van der Waals surface area contributed by atoms with Crippen LogP contribution in [0.3, 0.4) is 0 Å². The Balaban J connectivity index is 1.11. The largest absolute Gasteiger partial charge is 0.311 e. The summed E-state index contributed by atoms with van der Waals surface area (Å²) in [5.74, 6) is 0.441. The van der Waals surface area contributed by atoms with Crippen molar-refractivity contribution in [1.29, 1.82) is 0 Å². The third kappa shape index (κ3) is 4.74. The zero-order valence-electron chi connectivity index (χ0n) is 26.9. The van der Waals surface area contributed by atoms with Crippen LogP contribution in [0.15, 0.2) is 157 Å². The molecule has 0 bridgehead atoms. The molecule has 3 aliphatic rings. The molecule has 0 spiro atoms. The van der Waals surface area contributed by atoms with E-state index in [9.17, 15) is 0 Å². The smallest absolute Gasteiger partial charge is 0.0464 e. The maximum atomic E-state index is 2.45. The molecule has 47 heavy (non-hydrogen) atoms. The first-order valence-electron chi connectivity index (χ1n) is 16.9. The molecular formula is C45H37NS. The van der Waals surface area contributed by atoms with Crippen molar-refractivity contribution in [3.8, 4) is 22.3 Å². The zero-order chi connectivity index (χ0) is 31.5. The molecule has 1 aromatic heterocycles. The lowest BCUT2D eigenvalue weighted by atomic mass is 9.82. The minimum absolute atomic E-state index is 0.0520. The SMILES string of the molecule is CC1(C)c2ccccc2-c2ccc(N(C3=CCC(C4=CCCC=C4)C=C3)c3ccc(-c4ccc5sc6ccccc6c5c4)cc3)cc21. The monoisotopic (exact) mass is 623 g/mol. The van der Waals surface area contributed by atoms with E-state index < -0.39 is 0 Å². The van der Waals surface area contributed by atoms with Gasteiger partial charge in [-0.05, 0) is 107 Å². The second-order valence-electron chi connectivity index (χ2n) is 13.6. The summed E-state index contributed by atoms with van der Waals surface area (Å²) in [5, 5.41) is 2.68. The van der Waals surface area contributed by atoms with E-state index in [1.807, 2.05) is 11.3 Å².